The predicted molar refractivity (Wildman–Crippen MR) is 91.7 cm³/mol. The third-order valence-corrected chi connectivity index (χ3v) is 5.05. The molecule has 0 heterocycles. The van der Waals surface area contributed by atoms with Crippen molar-refractivity contribution in [1.29, 1.82) is 0 Å². The fourth-order valence-electron chi connectivity index (χ4n) is 3.63. The Bertz CT molecular complexity index is 429. The molecule has 1 aliphatic rings. The summed E-state index contributed by atoms with van der Waals surface area (Å²) in [5.41, 5.74) is 7.67. The van der Waals surface area contributed by atoms with E-state index in [-0.39, 0.29) is 12.1 Å². The van der Waals surface area contributed by atoms with E-state index in [1.54, 1.807) is 0 Å². The van der Waals surface area contributed by atoms with Crippen molar-refractivity contribution >= 4 is 11.6 Å². The number of benzene rings is 1. The van der Waals surface area contributed by atoms with E-state index in [1.165, 1.54) is 37.7 Å². The fraction of sp³-hybridized carbons (Fsp3) is 0.667. The van der Waals surface area contributed by atoms with E-state index in [0.29, 0.717) is 0 Å². The third kappa shape index (κ3) is 4.70. The first-order chi connectivity index (χ1) is 10.1. The molecule has 1 aromatic carbocycles. The molecular formula is C18H29ClN2. The van der Waals surface area contributed by atoms with Crippen LogP contribution in [0.3, 0.4) is 0 Å². The molecule has 0 radical (unpaired) electrons. The largest absolute Gasteiger partial charge is 0.326 e. The van der Waals surface area contributed by atoms with Gasteiger partial charge in [0.25, 0.3) is 0 Å². The second-order valence-corrected chi connectivity index (χ2v) is 6.95. The van der Waals surface area contributed by atoms with Gasteiger partial charge in [0.2, 0.25) is 0 Å². The van der Waals surface area contributed by atoms with Gasteiger partial charge in [-0.05, 0) is 49.9 Å². The molecule has 2 rings (SSSR count). The van der Waals surface area contributed by atoms with Crippen molar-refractivity contribution in [2.75, 3.05) is 13.6 Å². The Morgan fingerprint density at radius 1 is 1.29 bits per heavy atom. The van der Waals surface area contributed by atoms with Crippen LogP contribution in [-0.4, -0.2) is 24.5 Å². The zero-order valence-electron chi connectivity index (χ0n) is 13.4. The number of hydrogen-bond donors (Lipinski definition) is 1. The van der Waals surface area contributed by atoms with Gasteiger partial charge in [-0.1, -0.05) is 49.9 Å². The van der Waals surface area contributed by atoms with E-state index >= 15 is 0 Å². The lowest BCUT2D eigenvalue weighted by Gasteiger charge is -2.36. The summed E-state index contributed by atoms with van der Waals surface area (Å²) in [4.78, 5) is 2.45. The van der Waals surface area contributed by atoms with Gasteiger partial charge < -0.3 is 5.73 Å². The standard InChI is InChI=1S/C18H29ClN2/c1-3-17(20)18(15-10-7-11-16(19)12-15)21(2)13-14-8-5-4-6-9-14/h7,10-12,14,17-18H,3-6,8-9,13,20H2,1-2H3. The fourth-order valence-corrected chi connectivity index (χ4v) is 3.83. The van der Waals surface area contributed by atoms with Gasteiger partial charge in [0.05, 0.1) is 0 Å². The topological polar surface area (TPSA) is 29.3 Å². The molecule has 1 saturated carbocycles. The Kier molecular flexibility index (Phi) is 6.53. The Hall–Kier alpha value is -0.570. The van der Waals surface area contributed by atoms with E-state index in [2.05, 4.69) is 31.0 Å². The molecule has 0 aromatic heterocycles. The number of likely N-dealkylation sites (N-methyl/N-ethyl adjacent to an activating group) is 1. The van der Waals surface area contributed by atoms with Crippen LogP contribution in [0.2, 0.25) is 5.02 Å². The minimum absolute atomic E-state index is 0.150. The Labute approximate surface area is 134 Å². The lowest BCUT2D eigenvalue weighted by atomic mass is 9.87. The van der Waals surface area contributed by atoms with Gasteiger partial charge in [-0.3, -0.25) is 4.90 Å². The Morgan fingerprint density at radius 3 is 2.62 bits per heavy atom. The van der Waals surface area contributed by atoms with Crippen LogP contribution in [0.5, 0.6) is 0 Å². The molecule has 2 atom stereocenters. The molecule has 1 aliphatic carbocycles. The second kappa shape index (κ2) is 8.17. The minimum atomic E-state index is 0.150. The predicted octanol–water partition coefficient (Wildman–Crippen LogP) is 4.63. The summed E-state index contributed by atoms with van der Waals surface area (Å²) < 4.78 is 0. The molecule has 21 heavy (non-hydrogen) atoms. The van der Waals surface area contributed by atoms with E-state index < -0.39 is 0 Å². The molecule has 0 spiro atoms. The number of halogens is 1. The van der Waals surface area contributed by atoms with Gasteiger partial charge in [-0.15, -0.1) is 0 Å². The van der Waals surface area contributed by atoms with Crippen LogP contribution >= 0.6 is 11.6 Å². The monoisotopic (exact) mass is 308 g/mol. The highest BCUT2D eigenvalue weighted by Crippen LogP contribution is 2.30. The summed E-state index contributed by atoms with van der Waals surface area (Å²) in [5, 5.41) is 0.798. The molecule has 2 unspecified atom stereocenters. The highest BCUT2D eigenvalue weighted by molar-refractivity contribution is 6.30. The van der Waals surface area contributed by atoms with Crippen LogP contribution in [0.15, 0.2) is 24.3 Å². The summed E-state index contributed by atoms with van der Waals surface area (Å²) in [6.07, 6.45) is 7.90. The van der Waals surface area contributed by atoms with Crippen LogP contribution in [-0.2, 0) is 0 Å². The lowest BCUT2D eigenvalue weighted by Crippen LogP contribution is -2.41. The molecule has 118 valence electrons. The number of hydrogen-bond acceptors (Lipinski definition) is 2. The van der Waals surface area contributed by atoms with Gasteiger partial charge in [0.1, 0.15) is 0 Å². The van der Waals surface area contributed by atoms with Gasteiger partial charge >= 0.3 is 0 Å². The molecule has 1 aromatic rings. The summed E-state index contributed by atoms with van der Waals surface area (Å²) in [5.74, 6) is 0.828. The summed E-state index contributed by atoms with van der Waals surface area (Å²) in [6.45, 7) is 3.31. The first-order valence-corrected chi connectivity index (χ1v) is 8.71. The zero-order valence-corrected chi connectivity index (χ0v) is 14.1. The van der Waals surface area contributed by atoms with Crippen LogP contribution in [0, 0.1) is 5.92 Å². The minimum Gasteiger partial charge on any atom is -0.326 e. The third-order valence-electron chi connectivity index (χ3n) is 4.81. The smallest absolute Gasteiger partial charge is 0.0496 e. The maximum Gasteiger partial charge on any atom is 0.0496 e. The number of rotatable bonds is 6. The van der Waals surface area contributed by atoms with Crippen molar-refractivity contribution < 1.29 is 0 Å². The summed E-state index contributed by atoms with van der Waals surface area (Å²) in [6, 6.07) is 8.60. The zero-order chi connectivity index (χ0) is 15.2. The molecule has 3 heteroatoms. The second-order valence-electron chi connectivity index (χ2n) is 6.52. The summed E-state index contributed by atoms with van der Waals surface area (Å²) in [7, 11) is 2.22. The average molecular weight is 309 g/mol. The Balaban J connectivity index is 2.11. The van der Waals surface area contributed by atoms with Crippen molar-refractivity contribution in [3.05, 3.63) is 34.9 Å². The van der Waals surface area contributed by atoms with Crippen molar-refractivity contribution in [3.63, 3.8) is 0 Å². The van der Waals surface area contributed by atoms with E-state index in [1.807, 2.05) is 12.1 Å². The number of nitrogens with two attached hydrogens (primary N) is 1. The maximum absolute atomic E-state index is 6.42. The summed E-state index contributed by atoms with van der Waals surface area (Å²) >= 11 is 6.17. The van der Waals surface area contributed by atoms with Gasteiger partial charge in [0.15, 0.2) is 0 Å². The first kappa shape index (κ1) is 16.8. The Morgan fingerprint density at radius 2 is 2.00 bits per heavy atom. The van der Waals surface area contributed by atoms with Crippen LogP contribution in [0.25, 0.3) is 0 Å². The molecule has 2 N–H and O–H groups in total. The molecule has 0 aliphatic heterocycles. The van der Waals surface area contributed by atoms with Crippen molar-refractivity contribution in [2.45, 2.75) is 57.5 Å². The van der Waals surface area contributed by atoms with Gasteiger partial charge in [-0.2, -0.15) is 0 Å². The van der Waals surface area contributed by atoms with Crippen LogP contribution < -0.4 is 5.73 Å². The van der Waals surface area contributed by atoms with Crippen molar-refractivity contribution in [1.82, 2.24) is 4.90 Å². The van der Waals surface area contributed by atoms with E-state index in [9.17, 15) is 0 Å². The SMILES string of the molecule is CCC(N)C(c1cccc(Cl)c1)N(C)CC1CCCCC1. The highest BCUT2D eigenvalue weighted by atomic mass is 35.5. The molecule has 1 fully saturated rings. The maximum atomic E-state index is 6.42. The average Bonchev–Trinajstić information content (AvgIpc) is 2.48. The van der Waals surface area contributed by atoms with E-state index in [0.717, 1.165) is 23.9 Å². The molecule has 0 saturated heterocycles. The molecule has 0 bridgehead atoms. The number of nitrogens with zero attached hydrogens (tertiary/aromatic N) is 1. The molecular weight excluding hydrogens is 280 g/mol. The van der Waals surface area contributed by atoms with Crippen LogP contribution in [0.4, 0.5) is 0 Å². The normalized spacial score (nSPS) is 19.7. The van der Waals surface area contributed by atoms with Crippen molar-refractivity contribution in [3.8, 4) is 0 Å². The van der Waals surface area contributed by atoms with Crippen LogP contribution in [0.1, 0.15) is 57.1 Å². The van der Waals surface area contributed by atoms with Gasteiger partial charge in [-0.25, -0.2) is 0 Å². The first-order valence-electron chi connectivity index (χ1n) is 8.33. The van der Waals surface area contributed by atoms with Gasteiger partial charge in [0, 0.05) is 23.7 Å². The van der Waals surface area contributed by atoms with Crippen molar-refractivity contribution in [2.24, 2.45) is 11.7 Å². The molecule has 2 nitrogen and oxygen atoms in total. The highest BCUT2D eigenvalue weighted by Gasteiger charge is 2.26. The molecule has 0 amide bonds. The lowest BCUT2D eigenvalue weighted by molar-refractivity contribution is 0.161. The van der Waals surface area contributed by atoms with E-state index in [4.69, 9.17) is 17.3 Å². The quantitative estimate of drug-likeness (QED) is 0.830.